The molecule has 0 aliphatic rings. The summed E-state index contributed by atoms with van der Waals surface area (Å²) in [5.74, 6) is -1.46. The van der Waals surface area contributed by atoms with Gasteiger partial charge in [-0.15, -0.1) is 0 Å². The van der Waals surface area contributed by atoms with Crippen molar-refractivity contribution < 1.29 is 32.9 Å². The average molecular weight is 460 g/mol. The molecule has 0 aliphatic carbocycles. The zero-order chi connectivity index (χ0) is 22.7. The van der Waals surface area contributed by atoms with Crippen LogP contribution in [0.15, 0.2) is 30.3 Å². The van der Waals surface area contributed by atoms with E-state index in [4.69, 9.17) is 14.0 Å². The summed E-state index contributed by atoms with van der Waals surface area (Å²) in [6, 6.07) is 6.45. The Balaban J connectivity index is 3.00. The molecule has 0 fully saturated rings. The van der Waals surface area contributed by atoms with Crippen molar-refractivity contribution in [1.82, 2.24) is 10.4 Å². The van der Waals surface area contributed by atoms with Crippen molar-refractivity contribution in [3.8, 4) is 5.75 Å². The molecular weight excluding hydrogens is 431 g/mol. The molecule has 1 aromatic rings. The second-order valence-corrected chi connectivity index (χ2v) is 10.8. The fourth-order valence-electron chi connectivity index (χ4n) is 2.16. The number of carbonyl (C=O) groups excluding carboxylic acids is 3. The van der Waals surface area contributed by atoms with Gasteiger partial charge in [-0.25, -0.2) is 14.4 Å². The van der Waals surface area contributed by atoms with Crippen LogP contribution in [0.1, 0.15) is 34.6 Å². The predicted molar refractivity (Wildman–Crippen MR) is 115 cm³/mol. The van der Waals surface area contributed by atoms with Gasteiger partial charge in [0.1, 0.15) is 17.8 Å². The third-order valence-electron chi connectivity index (χ3n) is 3.39. The van der Waals surface area contributed by atoms with E-state index in [0.717, 1.165) is 11.4 Å². The molecule has 30 heavy (non-hydrogen) atoms. The van der Waals surface area contributed by atoms with Crippen molar-refractivity contribution in [1.29, 1.82) is 0 Å². The van der Waals surface area contributed by atoms with Gasteiger partial charge in [0.25, 0.3) is 0 Å². The fraction of sp³-hybridized carbons (Fsp3) is 0.526. The maximum Gasteiger partial charge on any atom is 0.375 e. The van der Waals surface area contributed by atoms with Crippen LogP contribution in [-0.4, -0.2) is 48.4 Å². The Bertz CT molecular complexity index is 761. The Morgan fingerprint density at radius 2 is 1.73 bits per heavy atom. The van der Waals surface area contributed by atoms with E-state index in [9.17, 15) is 18.9 Å². The van der Waals surface area contributed by atoms with Gasteiger partial charge in [0.2, 0.25) is 5.91 Å². The van der Waals surface area contributed by atoms with Gasteiger partial charge in [-0.3, -0.25) is 9.59 Å². The molecule has 0 bridgehead atoms. The molecule has 1 rings (SSSR count). The fourth-order valence-corrected chi connectivity index (χ4v) is 6.04. The van der Waals surface area contributed by atoms with Gasteiger partial charge >= 0.3 is 18.7 Å². The molecule has 168 valence electrons. The van der Waals surface area contributed by atoms with Crippen LogP contribution in [0.3, 0.4) is 0 Å². The number of esters is 2. The Labute approximate surface area is 180 Å². The number of hydrogen-bond donors (Lipinski definition) is 2. The Morgan fingerprint density at radius 1 is 1.10 bits per heavy atom. The molecule has 0 heterocycles. The summed E-state index contributed by atoms with van der Waals surface area (Å²) in [6.45, 7) is 4.21. The second-order valence-electron chi connectivity index (χ2n) is 6.54. The van der Waals surface area contributed by atoms with E-state index in [2.05, 4.69) is 10.4 Å². The summed E-state index contributed by atoms with van der Waals surface area (Å²) in [6.07, 6.45) is -0.336. The van der Waals surface area contributed by atoms with E-state index >= 15 is 0 Å². The SMILES string of the molecule is CCOC(=O)[C@H](CSP(=O)(N[C@@H](C)C(=O)OC(C)C)Oc1ccccc1)NC(C)=O. The maximum atomic E-state index is 13.5. The highest BCUT2D eigenvalue weighted by atomic mass is 32.7. The number of hydrogen-bond acceptors (Lipinski definition) is 8. The molecule has 3 atom stereocenters. The van der Waals surface area contributed by atoms with E-state index in [1.807, 2.05) is 0 Å². The van der Waals surface area contributed by atoms with Crippen LogP contribution in [0.2, 0.25) is 0 Å². The minimum absolute atomic E-state index is 0.0958. The molecule has 11 heteroatoms. The quantitative estimate of drug-likeness (QED) is 0.358. The second kappa shape index (κ2) is 12.6. The van der Waals surface area contributed by atoms with Gasteiger partial charge in [-0.05, 0) is 51.2 Å². The smallest absolute Gasteiger partial charge is 0.375 e. The van der Waals surface area contributed by atoms with Gasteiger partial charge in [0.15, 0.2) is 0 Å². The topological polar surface area (TPSA) is 120 Å². The lowest BCUT2D eigenvalue weighted by molar-refractivity contribution is -0.149. The summed E-state index contributed by atoms with van der Waals surface area (Å²) in [5.41, 5.74) is 0. The van der Waals surface area contributed by atoms with Crippen LogP contribution in [0.25, 0.3) is 0 Å². The minimum Gasteiger partial charge on any atom is -0.464 e. The van der Waals surface area contributed by atoms with Crippen LogP contribution in [0, 0.1) is 0 Å². The van der Waals surface area contributed by atoms with Crippen LogP contribution in [-0.2, 0) is 28.4 Å². The van der Waals surface area contributed by atoms with Crippen LogP contribution >= 0.6 is 18.1 Å². The van der Waals surface area contributed by atoms with Crippen LogP contribution < -0.4 is 14.9 Å². The number of nitrogens with one attached hydrogen (secondary N) is 2. The molecule has 0 saturated carbocycles. The lowest BCUT2D eigenvalue weighted by atomic mass is 10.3. The summed E-state index contributed by atoms with van der Waals surface area (Å²) in [7, 11) is 0. The van der Waals surface area contributed by atoms with E-state index in [-0.39, 0.29) is 18.5 Å². The van der Waals surface area contributed by atoms with Gasteiger partial charge < -0.3 is 19.3 Å². The molecule has 0 aliphatic heterocycles. The van der Waals surface area contributed by atoms with Crippen LogP contribution in [0.4, 0.5) is 0 Å². The summed E-state index contributed by atoms with van der Waals surface area (Å²) >= 11 is 0.786. The predicted octanol–water partition coefficient (Wildman–Crippen LogP) is 2.90. The van der Waals surface area contributed by atoms with Crippen molar-refractivity contribution in [2.75, 3.05) is 12.4 Å². The van der Waals surface area contributed by atoms with Gasteiger partial charge in [0, 0.05) is 12.7 Å². The van der Waals surface area contributed by atoms with E-state index in [1.165, 1.54) is 13.8 Å². The number of para-hydroxylation sites is 1. The lowest BCUT2D eigenvalue weighted by Crippen LogP contribution is -2.43. The molecule has 1 amide bonds. The number of carbonyl (C=O) groups is 3. The zero-order valence-electron chi connectivity index (χ0n) is 17.7. The number of rotatable bonds is 12. The van der Waals surface area contributed by atoms with E-state index in [0.29, 0.717) is 5.75 Å². The summed E-state index contributed by atoms with van der Waals surface area (Å²) < 4.78 is 29.3. The summed E-state index contributed by atoms with van der Waals surface area (Å²) in [5, 5.41) is 5.16. The first-order valence-electron chi connectivity index (χ1n) is 9.47. The monoisotopic (exact) mass is 460 g/mol. The number of amides is 1. The molecule has 0 aromatic heterocycles. The van der Waals surface area contributed by atoms with Gasteiger partial charge in [0.05, 0.1) is 12.7 Å². The normalized spacial score (nSPS) is 14.9. The third kappa shape index (κ3) is 9.65. The Hall–Kier alpha value is -2.03. The van der Waals surface area contributed by atoms with Crippen molar-refractivity contribution in [3.63, 3.8) is 0 Å². The molecule has 1 aromatic carbocycles. The van der Waals surface area contributed by atoms with Crippen molar-refractivity contribution >= 4 is 35.9 Å². The molecule has 0 radical (unpaired) electrons. The average Bonchev–Trinajstić information content (AvgIpc) is 2.65. The maximum absolute atomic E-state index is 13.5. The number of benzene rings is 1. The number of ether oxygens (including phenoxy) is 2. The first-order valence-corrected chi connectivity index (χ1v) is 12.7. The van der Waals surface area contributed by atoms with E-state index < -0.39 is 36.7 Å². The van der Waals surface area contributed by atoms with Crippen molar-refractivity contribution in [3.05, 3.63) is 30.3 Å². The molecule has 2 N–H and O–H groups in total. The summed E-state index contributed by atoms with van der Waals surface area (Å²) in [4.78, 5) is 35.7. The highest BCUT2D eigenvalue weighted by Gasteiger charge is 2.34. The largest absolute Gasteiger partial charge is 0.464 e. The third-order valence-corrected chi connectivity index (χ3v) is 7.37. The first-order chi connectivity index (χ1) is 14.1. The molecule has 0 spiro atoms. The van der Waals surface area contributed by atoms with Crippen molar-refractivity contribution in [2.45, 2.75) is 52.8 Å². The Morgan fingerprint density at radius 3 is 2.27 bits per heavy atom. The first kappa shape index (κ1) is 26.0. The zero-order valence-corrected chi connectivity index (χ0v) is 19.5. The van der Waals surface area contributed by atoms with Crippen molar-refractivity contribution in [2.24, 2.45) is 0 Å². The molecular formula is C19H29N2O7PS. The molecule has 0 saturated heterocycles. The van der Waals surface area contributed by atoms with E-state index in [1.54, 1.807) is 51.1 Å². The molecule has 1 unspecified atom stereocenters. The lowest BCUT2D eigenvalue weighted by Gasteiger charge is -2.24. The Kier molecular flexibility index (Phi) is 10.9. The standard InChI is InChI=1S/C19H29N2O7PS/c1-6-26-19(24)17(20-15(5)22)12-30-29(25,28-16-10-8-7-9-11-16)21-14(4)18(23)27-13(2)3/h7-11,13-14,17H,6,12H2,1-5H3,(H,20,22)(H,21,25)/t14-,17-,29?/m0/s1. The molecule has 9 nitrogen and oxygen atoms in total. The highest BCUT2D eigenvalue weighted by molar-refractivity contribution is 8.56. The van der Waals surface area contributed by atoms with Crippen LogP contribution in [0.5, 0.6) is 5.75 Å². The van der Waals surface area contributed by atoms with Gasteiger partial charge in [-0.1, -0.05) is 18.2 Å². The highest BCUT2D eigenvalue weighted by Crippen LogP contribution is 2.56. The van der Waals surface area contributed by atoms with Gasteiger partial charge in [-0.2, -0.15) is 0 Å². The minimum atomic E-state index is -3.74.